The summed E-state index contributed by atoms with van der Waals surface area (Å²) in [5, 5.41) is 4.08. The molecule has 0 saturated carbocycles. The summed E-state index contributed by atoms with van der Waals surface area (Å²) in [6.07, 6.45) is 4.03. The van der Waals surface area contributed by atoms with E-state index in [4.69, 9.17) is 21.3 Å². The lowest BCUT2D eigenvalue weighted by atomic mass is 9.97. The summed E-state index contributed by atoms with van der Waals surface area (Å²) >= 11 is 7.80. The third-order valence-electron chi connectivity index (χ3n) is 6.16. The highest BCUT2D eigenvalue weighted by Crippen LogP contribution is 2.35. The van der Waals surface area contributed by atoms with Crippen molar-refractivity contribution in [2.75, 3.05) is 12.4 Å². The van der Waals surface area contributed by atoms with Crippen LogP contribution in [-0.2, 0) is 24.2 Å². The van der Waals surface area contributed by atoms with Gasteiger partial charge in [-0.1, -0.05) is 29.8 Å². The van der Waals surface area contributed by atoms with Crippen LogP contribution in [0, 0.1) is 6.92 Å². The molecule has 4 aromatic rings. The van der Waals surface area contributed by atoms with Crippen molar-refractivity contribution in [1.29, 1.82) is 0 Å². The van der Waals surface area contributed by atoms with E-state index in [1.165, 1.54) is 9.44 Å². The van der Waals surface area contributed by atoms with Gasteiger partial charge in [0.1, 0.15) is 22.9 Å². The molecule has 0 bridgehead atoms. The van der Waals surface area contributed by atoms with Crippen LogP contribution in [-0.4, -0.2) is 22.6 Å². The van der Waals surface area contributed by atoms with Crippen molar-refractivity contribution < 1.29 is 9.53 Å². The second-order valence-electron chi connectivity index (χ2n) is 8.46. The smallest absolute Gasteiger partial charge is 0.263 e. The van der Waals surface area contributed by atoms with Gasteiger partial charge in [0.15, 0.2) is 0 Å². The highest BCUT2D eigenvalue weighted by molar-refractivity contribution is 7.18. The lowest BCUT2D eigenvalue weighted by Gasteiger charge is -2.15. The number of hydrogen-bond acceptors (Lipinski definition) is 5. The minimum absolute atomic E-state index is 0.162. The van der Waals surface area contributed by atoms with E-state index in [0.717, 1.165) is 47.2 Å². The van der Waals surface area contributed by atoms with Crippen molar-refractivity contribution in [3.8, 4) is 17.1 Å². The van der Waals surface area contributed by atoms with Crippen molar-refractivity contribution in [1.82, 2.24) is 9.55 Å². The van der Waals surface area contributed by atoms with Gasteiger partial charge in [-0.25, -0.2) is 4.98 Å². The number of hydrogen-bond donors (Lipinski definition) is 1. The Labute approximate surface area is 206 Å². The van der Waals surface area contributed by atoms with Gasteiger partial charge in [0, 0.05) is 21.2 Å². The predicted molar refractivity (Wildman–Crippen MR) is 137 cm³/mol. The van der Waals surface area contributed by atoms with Gasteiger partial charge >= 0.3 is 0 Å². The highest BCUT2D eigenvalue weighted by atomic mass is 35.5. The molecule has 2 aromatic carbocycles. The molecule has 0 aliphatic heterocycles. The second-order valence-corrected chi connectivity index (χ2v) is 9.95. The van der Waals surface area contributed by atoms with Crippen LogP contribution in [0.5, 0.6) is 5.75 Å². The topological polar surface area (TPSA) is 73.2 Å². The third kappa shape index (κ3) is 4.21. The fourth-order valence-electron chi connectivity index (χ4n) is 4.38. The number of nitrogens with zero attached hydrogens (tertiary/aromatic N) is 2. The van der Waals surface area contributed by atoms with Crippen molar-refractivity contribution in [2.24, 2.45) is 0 Å². The first-order chi connectivity index (χ1) is 16.4. The van der Waals surface area contributed by atoms with Gasteiger partial charge < -0.3 is 10.1 Å². The van der Waals surface area contributed by atoms with Crippen LogP contribution in [0.15, 0.2) is 47.3 Å². The number of nitrogens with one attached hydrogen (secondary N) is 1. The van der Waals surface area contributed by atoms with Crippen molar-refractivity contribution >= 4 is 44.7 Å². The summed E-state index contributed by atoms with van der Waals surface area (Å²) in [6, 6.07) is 12.7. The van der Waals surface area contributed by atoms with E-state index in [0.29, 0.717) is 27.7 Å². The van der Waals surface area contributed by atoms with Gasteiger partial charge in [0.25, 0.3) is 5.56 Å². The molecule has 0 saturated heterocycles. The number of halogens is 1. The van der Waals surface area contributed by atoms with Gasteiger partial charge in [-0.3, -0.25) is 14.2 Å². The number of fused-ring (bicyclic) bond motifs is 3. The second kappa shape index (κ2) is 9.24. The Bertz CT molecular complexity index is 1470. The number of amides is 1. The number of carbonyl (C=O) groups excluding carboxylic acids is 1. The van der Waals surface area contributed by atoms with E-state index >= 15 is 0 Å². The quantitative estimate of drug-likeness (QED) is 0.392. The van der Waals surface area contributed by atoms with Crippen molar-refractivity contribution in [3.63, 3.8) is 0 Å². The lowest BCUT2D eigenvalue weighted by Crippen LogP contribution is -2.30. The molecular weight excluding hydrogens is 470 g/mol. The first-order valence-corrected chi connectivity index (χ1v) is 12.4. The molecule has 0 spiro atoms. The van der Waals surface area contributed by atoms with E-state index < -0.39 is 0 Å². The van der Waals surface area contributed by atoms with Crippen LogP contribution in [0.3, 0.4) is 0 Å². The van der Waals surface area contributed by atoms with E-state index in [9.17, 15) is 9.59 Å². The number of benzene rings is 2. The average Bonchev–Trinajstić information content (AvgIpc) is 3.22. The van der Waals surface area contributed by atoms with Gasteiger partial charge in [0.05, 0.1) is 12.5 Å². The standard InChI is InChI=1S/C26H24ClN3O3S/c1-15-10-11-17(13-20(15)27)28-22(31)14-30-24(16-6-5-7-18(12-16)33-2)29-25-23(26(30)32)19-8-3-4-9-21(19)34-25/h5-7,10-13H,3-4,8-9,14H2,1-2H3,(H,28,31). The van der Waals surface area contributed by atoms with E-state index in [1.807, 2.05) is 37.3 Å². The number of anilines is 1. The Kier molecular flexibility index (Phi) is 6.15. The molecule has 34 heavy (non-hydrogen) atoms. The molecule has 6 nitrogen and oxygen atoms in total. The fourth-order valence-corrected chi connectivity index (χ4v) is 5.81. The molecule has 2 aromatic heterocycles. The first-order valence-electron chi connectivity index (χ1n) is 11.2. The van der Waals surface area contributed by atoms with Crippen LogP contribution >= 0.6 is 22.9 Å². The zero-order valence-electron chi connectivity index (χ0n) is 19.0. The third-order valence-corrected chi connectivity index (χ3v) is 7.75. The van der Waals surface area contributed by atoms with Crippen LogP contribution in [0.25, 0.3) is 21.6 Å². The van der Waals surface area contributed by atoms with Crippen LogP contribution in [0.4, 0.5) is 5.69 Å². The fraction of sp³-hybridized carbons (Fsp3) is 0.269. The monoisotopic (exact) mass is 493 g/mol. The summed E-state index contributed by atoms with van der Waals surface area (Å²) in [5.41, 5.74) is 3.14. The van der Waals surface area contributed by atoms with Crippen LogP contribution in [0.2, 0.25) is 5.02 Å². The first kappa shape index (κ1) is 22.6. The number of thiophene rings is 1. The number of aromatic nitrogens is 2. The molecule has 8 heteroatoms. The molecule has 1 amide bonds. The highest BCUT2D eigenvalue weighted by Gasteiger charge is 2.23. The maximum atomic E-state index is 13.8. The summed E-state index contributed by atoms with van der Waals surface area (Å²) in [5.74, 6) is 0.783. The Hall–Kier alpha value is -3.16. The van der Waals surface area contributed by atoms with Crippen molar-refractivity contribution in [2.45, 2.75) is 39.2 Å². The van der Waals surface area contributed by atoms with E-state index in [2.05, 4.69) is 5.32 Å². The molecular formula is C26H24ClN3O3S. The Morgan fingerprint density at radius 3 is 2.82 bits per heavy atom. The SMILES string of the molecule is COc1cccc(-c2nc3sc4c(c3c(=O)n2CC(=O)Nc2ccc(C)c(Cl)c2)CCCC4)c1. The van der Waals surface area contributed by atoms with E-state index in [1.54, 1.807) is 30.6 Å². The maximum Gasteiger partial charge on any atom is 0.263 e. The van der Waals surface area contributed by atoms with E-state index in [-0.39, 0.29) is 18.0 Å². The van der Waals surface area contributed by atoms with Gasteiger partial charge in [-0.05, 0) is 68.0 Å². The molecule has 174 valence electrons. The minimum Gasteiger partial charge on any atom is -0.497 e. The van der Waals surface area contributed by atoms with Gasteiger partial charge in [0.2, 0.25) is 5.91 Å². The summed E-state index contributed by atoms with van der Waals surface area (Å²) < 4.78 is 6.85. The van der Waals surface area contributed by atoms with Gasteiger partial charge in [-0.15, -0.1) is 11.3 Å². The molecule has 0 unspecified atom stereocenters. The number of ether oxygens (including phenoxy) is 1. The summed E-state index contributed by atoms with van der Waals surface area (Å²) in [4.78, 5) is 33.7. The Balaban J connectivity index is 1.61. The number of aryl methyl sites for hydroxylation is 3. The molecule has 1 N–H and O–H groups in total. The van der Waals surface area contributed by atoms with Gasteiger partial charge in [-0.2, -0.15) is 0 Å². The minimum atomic E-state index is -0.323. The number of rotatable bonds is 5. The zero-order valence-corrected chi connectivity index (χ0v) is 20.6. The molecule has 0 radical (unpaired) electrons. The summed E-state index contributed by atoms with van der Waals surface area (Å²) in [6.45, 7) is 1.74. The number of carbonyl (C=O) groups is 1. The maximum absolute atomic E-state index is 13.8. The lowest BCUT2D eigenvalue weighted by molar-refractivity contribution is -0.116. The Morgan fingerprint density at radius 2 is 2.03 bits per heavy atom. The molecule has 0 fully saturated rings. The average molecular weight is 494 g/mol. The summed E-state index contributed by atoms with van der Waals surface area (Å²) in [7, 11) is 1.59. The predicted octanol–water partition coefficient (Wildman–Crippen LogP) is 5.61. The zero-order chi connectivity index (χ0) is 23.8. The van der Waals surface area contributed by atoms with Crippen molar-refractivity contribution in [3.05, 3.63) is 73.8 Å². The molecule has 1 aliphatic rings. The number of methoxy groups -OCH3 is 1. The molecule has 1 aliphatic carbocycles. The molecule has 5 rings (SSSR count). The normalized spacial score (nSPS) is 13.0. The molecule has 0 atom stereocenters. The van der Waals surface area contributed by atoms with Crippen LogP contribution in [0.1, 0.15) is 28.8 Å². The largest absolute Gasteiger partial charge is 0.497 e. The van der Waals surface area contributed by atoms with Crippen LogP contribution < -0.4 is 15.6 Å². The Morgan fingerprint density at radius 1 is 1.21 bits per heavy atom. The molecule has 2 heterocycles.